The van der Waals surface area contributed by atoms with Crippen LogP contribution in [0.25, 0.3) is 0 Å². The van der Waals surface area contributed by atoms with Gasteiger partial charge in [-0.05, 0) is 26.8 Å². The van der Waals surface area contributed by atoms with Gasteiger partial charge in [0.1, 0.15) is 5.75 Å². The molecule has 0 bridgehead atoms. The molecule has 0 fully saturated rings. The summed E-state index contributed by atoms with van der Waals surface area (Å²) >= 11 is 0. The molecule has 0 saturated heterocycles. The maximum atomic E-state index is 12.4. The predicted octanol–water partition coefficient (Wildman–Crippen LogP) is 2.81. The first-order chi connectivity index (χ1) is 9.99. The highest BCUT2D eigenvalue weighted by Gasteiger charge is 2.16. The van der Waals surface area contributed by atoms with Crippen LogP contribution in [0.1, 0.15) is 32.4 Å². The van der Waals surface area contributed by atoms with Crippen molar-refractivity contribution in [1.82, 2.24) is 10.2 Å². The third-order valence-corrected chi connectivity index (χ3v) is 3.28. The van der Waals surface area contributed by atoms with Crippen LogP contribution in [-0.4, -0.2) is 37.1 Å². The number of likely N-dealkylation sites (N-methyl/N-ethyl adjacent to an activating group) is 1. The molecule has 0 aliphatic heterocycles. The summed E-state index contributed by atoms with van der Waals surface area (Å²) in [7, 11) is 0. The molecule has 1 aromatic carbocycles. The second-order valence-corrected chi connectivity index (χ2v) is 4.58. The van der Waals surface area contributed by atoms with E-state index in [1.165, 1.54) is 6.07 Å². The predicted molar refractivity (Wildman–Crippen MR) is 77.4 cm³/mol. The lowest BCUT2D eigenvalue weighted by Gasteiger charge is -2.22. The number of hydrogen-bond donors (Lipinski definition) is 1. The second-order valence-electron chi connectivity index (χ2n) is 4.58. The first-order valence-corrected chi connectivity index (χ1v) is 7.04. The fourth-order valence-electron chi connectivity index (χ4n) is 2.08. The number of nitrogens with one attached hydrogen (secondary N) is 1. The first-order valence-electron chi connectivity index (χ1n) is 7.04. The van der Waals surface area contributed by atoms with Crippen molar-refractivity contribution in [1.29, 1.82) is 0 Å². The second kappa shape index (κ2) is 8.56. The Morgan fingerprint density at radius 2 is 1.90 bits per heavy atom. The minimum absolute atomic E-state index is 0.0147. The highest BCUT2D eigenvalue weighted by Crippen LogP contribution is 2.26. The molecule has 1 atom stereocenters. The van der Waals surface area contributed by atoms with E-state index in [9.17, 15) is 13.6 Å². The lowest BCUT2D eigenvalue weighted by atomic mass is 10.1. The zero-order valence-electron chi connectivity index (χ0n) is 12.6. The van der Waals surface area contributed by atoms with Gasteiger partial charge in [-0.2, -0.15) is 8.78 Å². The summed E-state index contributed by atoms with van der Waals surface area (Å²) < 4.78 is 29.2. The maximum absolute atomic E-state index is 12.4. The Labute approximate surface area is 124 Å². The smallest absolute Gasteiger partial charge is 0.387 e. The molecule has 1 N–H and O–H groups in total. The number of ether oxygens (including phenoxy) is 1. The third kappa shape index (κ3) is 5.30. The van der Waals surface area contributed by atoms with Crippen LogP contribution in [0.3, 0.4) is 0 Å². The van der Waals surface area contributed by atoms with Crippen molar-refractivity contribution in [2.45, 2.75) is 33.4 Å². The van der Waals surface area contributed by atoms with Crippen molar-refractivity contribution < 1.29 is 18.3 Å². The summed E-state index contributed by atoms with van der Waals surface area (Å²) in [5.41, 5.74) is 0.602. The van der Waals surface area contributed by atoms with Crippen LogP contribution in [0.15, 0.2) is 24.3 Å². The van der Waals surface area contributed by atoms with Crippen LogP contribution < -0.4 is 10.1 Å². The number of amides is 1. The topological polar surface area (TPSA) is 41.6 Å². The zero-order chi connectivity index (χ0) is 15.8. The van der Waals surface area contributed by atoms with E-state index < -0.39 is 6.61 Å². The van der Waals surface area contributed by atoms with Crippen molar-refractivity contribution in [2.75, 3.05) is 19.6 Å². The van der Waals surface area contributed by atoms with Gasteiger partial charge in [-0.1, -0.05) is 18.2 Å². The number of halogens is 2. The molecule has 0 spiro atoms. The van der Waals surface area contributed by atoms with Gasteiger partial charge in [-0.3, -0.25) is 4.79 Å². The van der Waals surface area contributed by atoms with E-state index in [4.69, 9.17) is 0 Å². The lowest BCUT2D eigenvalue weighted by Crippen LogP contribution is -2.38. The molecule has 4 nitrogen and oxygen atoms in total. The van der Waals surface area contributed by atoms with Crippen molar-refractivity contribution in [3.63, 3.8) is 0 Å². The number of hydrogen-bond acceptors (Lipinski definition) is 3. The molecule has 1 aromatic rings. The highest BCUT2D eigenvalue weighted by atomic mass is 19.3. The van der Waals surface area contributed by atoms with Gasteiger partial charge in [-0.15, -0.1) is 0 Å². The quantitative estimate of drug-likeness (QED) is 0.802. The molecule has 21 heavy (non-hydrogen) atoms. The molecule has 0 aliphatic rings. The van der Waals surface area contributed by atoms with E-state index >= 15 is 0 Å². The van der Waals surface area contributed by atoms with Gasteiger partial charge in [0.25, 0.3) is 0 Å². The summed E-state index contributed by atoms with van der Waals surface area (Å²) in [5, 5.41) is 3.05. The van der Waals surface area contributed by atoms with E-state index in [2.05, 4.69) is 10.1 Å². The van der Waals surface area contributed by atoms with E-state index in [0.29, 0.717) is 18.7 Å². The average Bonchev–Trinajstić information content (AvgIpc) is 2.46. The summed E-state index contributed by atoms with van der Waals surface area (Å²) in [4.78, 5) is 13.6. The minimum Gasteiger partial charge on any atom is -0.434 e. The zero-order valence-corrected chi connectivity index (χ0v) is 12.6. The van der Waals surface area contributed by atoms with Crippen LogP contribution in [0.2, 0.25) is 0 Å². The van der Waals surface area contributed by atoms with E-state index in [-0.39, 0.29) is 24.2 Å². The Bertz CT molecular complexity index is 451. The number of para-hydroxylation sites is 1. The number of nitrogens with zero attached hydrogens (tertiary/aromatic N) is 1. The van der Waals surface area contributed by atoms with Crippen molar-refractivity contribution in [3.8, 4) is 5.75 Å². The maximum Gasteiger partial charge on any atom is 0.387 e. The van der Waals surface area contributed by atoms with Crippen molar-refractivity contribution in [2.24, 2.45) is 0 Å². The highest BCUT2D eigenvalue weighted by molar-refractivity contribution is 5.78. The molecule has 118 valence electrons. The van der Waals surface area contributed by atoms with Crippen LogP contribution in [0.4, 0.5) is 8.78 Å². The molecule has 0 saturated carbocycles. The Hall–Kier alpha value is -1.69. The van der Waals surface area contributed by atoms with Gasteiger partial charge in [0.2, 0.25) is 5.91 Å². The van der Waals surface area contributed by atoms with Gasteiger partial charge in [-0.25, -0.2) is 0 Å². The molecule has 1 unspecified atom stereocenters. The van der Waals surface area contributed by atoms with Crippen molar-refractivity contribution >= 4 is 5.91 Å². The average molecular weight is 300 g/mol. The van der Waals surface area contributed by atoms with E-state index in [1.54, 1.807) is 23.1 Å². The monoisotopic (exact) mass is 300 g/mol. The molecular formula is C15H22F2N2O2. The summed E-state index contributed by atoms with van der Waals surface area (Å²) in [6.45, 7) is 4.23. The Morgan fingerprint density at radius 3 is 2.48 bits per heavy atom. The standard InChI is InChI=1S/C15H22F2N2O2/c1-4-19(5-2)14(20)10-18-11(3)12-8-6-7-9-13(12)21-15(16)17/h6-9,11,15,18H,4-5,10H2,1-3H3. The summed E-state index contributed by atoms with van der Waals surface area (Å²) in [5.74, 6) is 0.113. The fraction of sp³-hybridized carbons (Fsp3) is 0.533. The minimum atomic E-state index is -2.87. The van der Waals surface area contributed by atoms with Crippen LogP contribution in [-0.2, 0) is 4.79 Å². The molecule has 0 radical (unpaired) electrons. The van der Waals surface area contributed by atoms with Gasteiger partial charge < -0.3 is 15.0 Å². The summed E-state index contributed by atoms with van der Waals surface area (Å²) in [6.07, 6.45) is 0. The van der Waals surface area contributed by atoms with Crippen LogP contribution in [0.5, 0.6) is 5.75 Å². The number of rotatable bonds is 8. The molecule has 6 heteroatoms. The Balaban J connectivity index is 2.67. The van der Waals surface area contributed by atoms with Gasteiger partial charge >= 0.3 is 6.61 Å². The van der Waals surface area contributed by atoms with Crippen molar-refractivity contribution in [3.05, 3.63) is 29.8 Å². The number of carbonyl (C=O) groups is 1. The molecule has 0 heterocycles. The van der Waals surface area contributed by atoms with Crippen LogP contribution in [0, 0.1) is 0 Å². The number of benzene rings is 1. The summed E-state index contributed by atoms with van der Waals surface area (Å²) in [6, 6.07) is 6.32. The van der Waals surface area contributed by atoms with Gasteiger partial charge in [0, 0.05) is 24.7 Å². The van der Waals surface area contributed by atoms with Gasteiger partial charge in [0.05, 0.1) is 6.54 Å². The molecule has 1 amide bonds. The Kier molecular flexibility index (Phi) is 7.08. The largest absolute Gasteiger partial charge is 0.434 e. The van der Waals surface area contributed by atoms with Gasteiger partial charge in [0.15, 0.2) is 0 Å². The molecule has 0 aromatic heterocycles. The molecule has 0 aliphatic carbocycles. The normalized spacial score (nSPS) is 12.3. The van der Waals surface area contributed by atoms with Crippen LogP contribution >= 0.6 is 0 Å². The SMILES string of the molecule is CCN(CC)C(=O)CNC(C)c1ccccc1OC(F)F. The molecular weight excluding hydrogens is 278 g/mol. The van der Waals surface area contributed by atoms with E-state index in [1.807, 2.05) is 20.8 Å². The number of carbonyl (C=O) groups excluding carboxylic acids is 1. The Morgan fingerprint density at radius 1 is 1.29 bits per heavy atom. The third-order valence-electron chi connectivity index (χ3n) is 3.28. The number of alkyl halides is 2. The first kappa shape index (κ1) is 17.4. The fourth-order valence-corrected chi connectivity index (χ4v) is 2.08. The van der Waals surface area contributed by atoms with E-state index in [0.717, 1.165) is 0 Å². The lowest BCUT2D eigenvalue weighted by molar-refractivity contribution is -0.130. The molecule has 1 rings (SSSR count).